The van der Waals surface area contributed by atoms with Crippen LogP contribution >= 0.6 is 0 Å². The molecule has 6 nitrogen and oxygen atoms in total. The SMILES string of the molecule is N#Cc1ccc(Nc2ccccc2N)c([N+](=O)[O-])c1. The lowest BCUT2D eigenvalue weighted by atomic mass is 10.1. The van der Waals surface area contributed by atoms with Gasteiger partial charge in [0.25, 0.3) is 5.69 Å². The third-order valence-electron chi connectivity index (χ3n) is 2.55. The van der Waals surface area contributed by atoms with Crippen molar-refractivity contribution in [2.75, 3.05) is 11.1 Å². The highest BCUT2D eigenvalue weighted by atomic mass is 16.6. The summed E-state index contributed by atoms with van der Waals surface area (Å²) in [6, 6.07) is 13.0. The predicted molar refractivity (Wildman–Crippen MR) is 71.9 cm³/mol. The molecule has 3 N–H and O–H groups in total. The number of nitriles is 1. The molecule has 0 aromatic heterocycles. The van der Waals surface area contributed by atoms with E-state index in [1.165, 1.54) is 18.2 Å². The molecule has 0 fully saturated rings. The van der Waals surface area contributed by atoms with E-state index in [4.69, 9.17) is 11.0 Å². The molecule has 0 aliphatic rings. The van der Waals surface area contributed by atoms with E-state index in [0.717, 1.165) is 0 Å². The third kappa shape index (κ3) is 2.61. The average Bonchev–Trinajstić information content (AvgIpc) is 2.41. The molecule has 0 saturated heterocycles. The number of nitro groups is 1. The molecule has 0 heterocycles. The van der Waals surface area contributed by atoms with Crippen LogP contribution in [0.3, 0.4) is 0 Å². The number of para-hydroxylation sites is 2. The molecule has 0 radical (unpaired) electrons. The van der Waals surface area contributed by atoms with E-state index in [1.54, 1.807) is 24.3 Å². The summed E-state index contributed by atoms with van der Waals surface area (Å²) in [7, 11) is 0. The number of benzene rings is 2. The zero-order chi connectivity index (χ0) is 13.8. The molecule has 0 amide bonds. The average molecular weight is 254 g/mol. The molecule has 0 aliphatic heterocycles. The van der Waals surface area contributed by atoms with Gasteiger partial charge in [-0.1, -0.05) is 12.1 Å². The molecule has 0 saturated carbocycles. The maximum Gasteiger partial charge on any atom is 0.293 e. The van der Waals surface area contributed by atoms with E-state index in [9.17, 15) is 10.1 Å². The molecule has 2 rings (SSSR count). The lowest BCUT2D eigenvalue weighted by molar-refractivity contribution is -0.383. The van der Waals surface area contributed by atoms with Crippen molar-refractivity contribution in [3.8, 4) is 6.07 Å². The Morgan fingerprint density at radius 1 is 1.21 bits per heavy atom. The molecule has 94 valence electrons. The fourth-order valence-electron chi connectivity index (χ4n) is 1.61. The van der Waals surface area contributed by atoms with Gasteiger partial charge in [-0.15, -0.1) is 0 Å². The number of hydrogen-bond donors (Lipinski definition) is 2. The van der Waals surface area contributed by atoms with Gasteiger partial charge in [0.05, 0.1) is 27.9 Å². The number of hydrogen-bond acceptors (Lipinski definition) is 5. The molecule has 0 aliphatic carbocycles. The van der Waals surface area contributed by atoms with E-state index in [2.05, 4.69) is 5.32 Å². The molecular formula is C13H10N4O2. The summed E-state index contributed by atoms with van der Waals surface area (Å²) >= 11 is 0. The van der Waals surface area contributed by atoms with Crippen LogP contribution in [0.1, 0.15) is 5.56 Å². The minimum atomic E-state index is -0.539. The van der Waals surface area contributed by atoms with Crippen LogP contribution in [-0.2, 0) is 0 Å². The molecule has 0 bridgehead atoms. The van der Waals surface area contributed by atoms with Crippen LogP contribution in [0, 0.1) is 21.4 Å². The molecular weight excluding hydrogens is 244 g/mol. The first-order valence-corrected chi connectivity index (χ1v) is 5.42. The van der Waals surface area contributed by atoms with Gasteiger partial charge < -0.3 is 11.1 Å². The summed E-state index contributed by atoms with van der Waals surface area (Å²) in [5.41, 5.74) is 7.20. The number of nitrogens with one attached hydrogen (secondary N) is 1. The summed E-state index contributed by atoms with van der Waals surface area (Å²) < 4.78 is 0. The topological polar surface area (TPSA) is 105 Å². The van der Waals surface area contributed by atoms with E-state index in [1.807, 2.05) is 6.07 Å². The van der Waals surface area contributed by atoms with Crippen molar-refractivity contribution in [2.45, 2.75) is 0 Å². The Hall–Kier alpha value is -3.07. The molecule has 0 unspecified atom stereocenters. The maximum atomic E-state index is 11.0. The highest BCUT2D eigenvalue weighted by Gasteiger charge is 2.15. The number of nitrogens with zero attached hydrogens (tertiary/aromatic N) is 2. The smallest absolute Gasteiger partial charge is 0.293 e. The monoisotopic (exact) mass is 254 g/mol. The first-order valence-electron chi connectivity index (χ1n) is 5.42. The molecule has 2 aromatic rings. The summed E-state index contributed by atoms with van der Waals surface area (Å²) in [4.78, 5) is 10.5. The van der Waals surface area contributed by atoms with Crippen molar-refractivity contribution in [3.05, 3.63) is 58.1 Å². The Balaban J connectivity index is 2.43. The third-order valence-corrected chi connectivity index (χ3v) is 2.55. The van der Waals surface area contributed by atoms with Crippen molar-refractivity contribution >= 4 is 22.7 Å². The van der Waals surface area contributed by atoms with Gasteiger partial charge in [0.2, 0.25) is 0 Å². The highest BCUT2D eigenvalue weighted by Crippen LogP contribution is 2.30. The summed E-state index contributed by atoms with van der Waals surface area (Å²) in [5.74, 6) is 0. The minimum absolute atomic E-state index is 0.165. The Morgan fingerprint density at radius 2 is 1.95 bits per heavy atom. The van der Waals surface area contributed by atoms with Gasteiger partial charge in [-0.05, 0) is 24.3 Å². The predicted octanol–water partition coefficient (Wildman–Crippen LogP) is 2.79. The van der Waals surface area contributed by atoms with Crippen molar-refractivity contribution in [3.63, 3.8) is 0 Å². The second kappa shape index (κ2) is 5.06. The standard InChI is InChI=1S/C13H10N4O2/c14-8-9-5-6-12(13(7-9)17(18)19)16-11-4-2-1-3-10(11)15/h1-7,16H,15H2. The van der Waals surface area contributed by atoms with Crippen LogP contribution < -0.4 is 11.1 Å². The maximum absolute atomic E-state index is 11.0. The lowest BCUT2D eigenvalue weighted by Gasteiger charge is -2.09. The molecule has 0 atom stereocenters. The fourth-order valence-corrected chi connectivity index (χ4v) is 1.61. The van der Waals surface area contributed by atoms with Crippen LogP contribution in [0.2, 0.25) is 0 Å². The Morgan fingerprint density at radius 3 is 2.58 bits per heavy atom. The van der Waals surface area contributed by atoms with Crippen LogP contribution in [0.25, 0.3) is 0 Å². The van der Waals surface area contributed by atoms with Crippen molar-refractivity contribution in [1.82, 2.24) is 0 Å². The number of nitrogens with two attached hydrogens (primary N) is 1. The Bertz CT molecular complexity index is 677. The first-order chi connectivity index (χ1) is 9.11. The van der Waals surface area contributed by atoms with Crippen LogP contribution in [-0.4, -0.2) is 4.92 Å². The van der Waals surface area contributed by atoms with Gasteiger partial charge >= 0.3 is 0 Å². The number of anilines is 3. The van der Waals surface area contributed by atoms with Crippen molar-refractivity contribution in [1.29, 1.82) is 5.26 Å². The Labute approximate surface area is 109 Å². The Kier molecular flexibility index (Phi) is 3.30. The van der Waals surface area contributed by atoms with Crippen molar-refractivity contribution in [2.24, 2.45) is 0 Å². The zero-order valence-corrected chi connectivity index (χ0v) is 9.83. The zero-order valence-electron chi connectivity index (χ0n) is 9.83. The number of rotatable bonds is 3. The molecule has 2 aromatic carbocycles. The normalized spacial score (nSPS) is 9.63. The fraction of sp³-hybridized carbons (Fsp3) is 0. The molecule has 6 heteroatoms. The molecule has 19 heavy (non-hydrogen) atoms. The van der Waals surface area contributed by atoms with Crippen molar-refractivity contribution < 1.29 is 4.92 Å². The van der Waals surface area contributed by atoms with Gasteiger partial charge in [0.1, 0.15) is 5.69 Å². The molecule has 0 spiro atoms. The quantitative estimate of drug-likeness (QED) is 0.497. The van der Waals surface area contributed by atoms with Gasteiger partial charge in [-0.3, -0.25) is 10.1 Å². The van der Waals surface area contributed by atoms with Gasteiger partial charge in [0.15, 0.2) is 0 Å². The van der Waals surface area contributed by atoms with Crippen LogP contribution in [0.4, 0.5) is 22.7 Å². The summed E-state index contributed by atoms with van der Waals surface area (Å²) in [5, 5.41) is 22.6. The first kappa shape index (κ1) is 12.4. The van der Waals surface area contributed by atoms with Gasteiger partial charge in [0, 0.05) is 6.07 Å². The number of nitro benzene ring substituents is 1. The van der Waals surface area contributed by atoms with E-state index in [0.29, 0.717) is 17.1 Å². The second-order valence-corrected chi connectivity index (χ2v) is 3.81. The van der Waals surface area contributed by atoms with Crippen LogP contribution in [0.5, 0.6) is 0 Å². The summed E-state index contributed by atoms with van der Waals surface area (Å²) in [6.07, 6.45) is 0. The van der Waals surface area contributed by atoms with Gasteiger partial charge in [-0.25, -0.2) is 0 Å². The van der Waals surface area contributed by atoms with Crippen LogP contribution in [0.15, 0.2) is 42.5 Å². The largest absolute Gasteiger partial charge is 0.397 e. The lowest BCUT2D eigenvalue weighted by Crippen LogP contribution is -2.00. The van der Waals surface area contributed by atoms with E-state index >= 15 is 0 Å². The number of nitrogen functional groups attached to an aromatic ring is 1. The highest BCUT2D eigenvalue weighted by molar-refractivity contribution is 5.77. The van der Waals surface area contributed by atoms with E-state index < -0.39 is 4.92 Å². The van der Waals surface area contributed by atoms with Gasteiger partial charge in [-0.2, -0.15) is 5.26 Å². The second-order valence-electron chi connectivity index (χ2n) is 3.81. The van der Waals surface area contributed by atoms with E-state index in [-0.39, 0.29) is 11.3 Å². The minimum Gasteiger partial charge on any atom is -0.397 e. The summed E-state index contributed by atoms with van der Waals surface area (Å²) in [6.45, 7) is 0.